The zero-order chi connectivity index (χ0) is 17.7. The van der Waals surface area contributed by atoms with E-state index in [1.807, 2.05) is 4.68 Å². The minimum Gasteiger partial charge on any atom is -0.295 e. The van der Waals surface area contributed by atoms with Crippen molar-refractivity contribution in [3.05, 3.63) is 35.7 Å². The molecule has 25 heavy (non-hydrogen) atoms. The third kappa shape index (κ3) is 3.37. The van der Waals surface area contributed by atoms with E-state index in [4.69, 9.17) is 10.1 Å². The van der Waals surface area contributed by atoms with E-state index in [9.17, 15) is 0 Å². The summed E-state index contributed by atoms with van der Waals surface area (Å²) in [7, 11) is 0. The standard InChI is InChI=1S/C21H30N4/c1-5-25-19(16-6-8-17(9-7-16)20(2,3)4)22-18(23-25)14-24-13-12-21(15-24)10-11-21/h6-9H,5,10-15H2,1-4H3. The second-order valence-corrected chi connectivity index (χ2v) is 8.96. The fourth-order valence-electron chi connectivity index (χ4n) is 3.96. The zero-order valence-corrected chi connectivity index (χ0v) is 16.0. The van der Waals surface area contributed by atoms with Gasteiger partial charge < -0.3 is 0 Å². The summed E-state index contributed by atoms with van der Waals surface area (Å²) in [6, 6.07) is 8.83. The average Bonchev–Trinajstić information content (AvgIpc) is 3.03. The number of nitrogens with zero attached hydrogens (tertiary/aromatic N) is 4. The molecule has 4 heteroatoms. The summed E-state index contributed by atoms with van der Waals surface area (Å²) in [5.41, 5.74) is 3.36. The van der Waals surface area contributed by atoms with Crippen LogP contribution in [0.2, 0.25) is 0 Å². The van der Waals surface area contributed by atoms with Gasteiger partial charge in [0, 0.05) is 18.7 Å². The highest BCUT2D eigenvalue weighted by Gasteiger charge is 2.47. The summed E-state index contributed by atoms with van der Waals surface area (Å²) in [5.74, 6) is 1.97. The van der Waals surface area contributed by atoms with E-state index in [1.54, 1.807) is 0 Å². The van der Waals surface area contributed by atoms with Crippen LogP contribution in [0.1, 0.15) is 58.3 Å². The lowest BCUT2D eigenvalue weighted by Crippen LogP contribution is -2.21. The molecule has 0 unspecified atom stereocenters. The molecule has 2 aliphatic rings. The van der Waals surface area contributed by atoms with Crippen molar-refractivity contribution in [2.24, 2.45) is 5.41 Å². The molecule has 134 valence electrons. The predicted molar refractivity (Wildman–Crippen MR) is 101 cm³/mol. The topological polar surface area (TPSA) is 34.0 Å². The van der Waals surface area contributed by atoms with Gasteiger partial charge in [-0.2, -0.15) is 5.10 Å². The Labute approximate surface area is 151 Å². The average molecular weight is 338 g/mol. The second kappa shape index (κ2) is 5.94. The van der Waals surface area contributed by atoms with Gasteiger partial charge in [-0.3, -0.25) is 4.90 Å². The summed E-state index contributed by atoms with van der Waals surface area (Å²) in [6.45, 7) is 13.1. The molecular weight excluding hydrogens is 308 g/mol. The van der Waals surface area contributed by atoms with Crippen LogP contribution >= 0.6 is 0 Å². The molecule has 2 fully saturated rings. The lowest BCUT2D eigenvalue weighted by atomic mass is 9.87. The van der Waals surface area contributed by atoms with Gasteiger partial charge in [0.1, 0.15) is 0 Å². The highest BCUT2D eigenvalue weighted by Crippen LogP contribution is 2.52. The van der Waals surface area contributed by atoms with E-state index in [2.05, 4.69) is 56.9 Å². The first-order chi connectivity index (χ1) is 11.9. The molecule has 2 heterocycles. The number of rotatable bonds is 4. The molecule has 1 aromatic heterocycles. The molecule has 0 atom stereocenters. The Bertz CT molecular complexity index is 747. The van der Waals surface area contributed by atoms with E-state index in [0.717, 1.165) is 30.3 Å². The van der Waals surface area contributed by atoms with Crippen molar-refractivity contribution < 1.29 is 0 Å². The van der Waals surface area contributed by atoms with Gasteiger partial charge in [0.2, 0.25) is 0 Å². The van der Waals surface area contributed by atoms with Crippen molar-refractivity contribution in [3.8, 4) is 11.4 Å². The number of aryl methyl sites for hydroxylation is 1. The number of likely N-dealkylation sites (tertiary alicyclic amines) is 1. The van der Waals surface area contributed by atoms with Crippen LogP contribution in [0.4, 0.5) is 0 Å². The fraction of sp³-hybridized carbons (Fsp3) is 0.619. The van der Waals surface area contributed by atoms with E-state index >= 15 is 0 Å². The lowest BCUT2D eigenvalue weighted by molar-refractivity contribution is 0.304. The number of hydrogen-bond donors (Lipinski definition) is 0. The maximum absolute atomic E-state index is 4.88. The van der Waals surface area contributed by atoms with Gasteiger partial charge in [-0.25, -0.2) is 9.67 Å². The first-order valence-corrected chi connectivity index (χ1v) is 9.66. The van der Waals surface area contributed by atoms with Crippen molar-refractivity contribution in [1.82, 2.24) is 19.7 Å². The van der Waals surface area contributed by atoms with E-state index in [-0.39, 0.29) is 5.41 Å². The second-order valence-electron chi connectivity index (χ2n) is 8.96. The summed E-state index contributed by atoms with van der Waals surface area (Å²) in [4.78, 5) is 7.42. The molecule has 4 nitrogen and oxygen atoms in total. The third-order valence-electron chi connectivity index (χ3n) is 5.86. The Morgan fingerprint density at radius 2 is 1.80 bits per heavy atom. The molecule has 1 saturated carbocycles. The monoisotopic (exact) mass is 338 g/mol. The predicted octanol–water partition coefficient (Wildman–Crippen LogP) is 4.25. The summed E-state index contributed by atoms with van der Waals surface area (Å²) >= 11 is 0. The Morgan fingerprint density at radius 3 is 2.36 bits per heavy atom. The Morgan fingerprint density at radius 1 is 1.08 bits per heavy atom. The van der Waals surface area contributed by atoms with E-state index in [1.165, 1.54) is 37.9 Å². The number of hydrogen-bond acceptors (Lipinski definition) is 3. The van der Waals surface area contributed by atoms with Crippen LogP contribution < -0.4 is 0 Å². The largest absolute Gasteiger partial charge is 0.295 e. The van der Waals surface area contributed by atoms with Crippen molar-refractivity contribution in [1.29, 1.82) is 0 Å². The number of aromatic nitrogens is 3. The fourth-order valence-corrected chi connectivity index (χ4v) is 3.96. The van der Waals surface area contributed by atoms with Crippen molar-refractivity contribution in [2.45, 2.75) is 65.5 Å². The van der Waals surface area contributed by atoms with Gasteiger partial charge in [-0.05, 0) is 49.1 Å². The molecule has 2 aromatic rings. The minimum atomic E-state index is 0.177. The molecule has 0 N–H and O–H groups in total. The van der Waals surface area contributed by atoms with Crippen LogP contribution in [0.15, 0.2) is 24.3 Å². The van der Waals surface area contributed by atoms with Crippen molar-refractivity contribution in [3.63, 3.8) is 0 Å². The highest BCUT2D eigenvalue weighted by atomic mass is 15.4. The molecule has 1 saturated heterocycles. The molecule has 1 spiro atoms. The van der Waals surface area contributed by atoms with Crippen LogP contribution in [-0.4, -0.2) is 32.8 Å². The molecule has 1 aliphatic carbocycles. The Kier molecular flexibility index (Phi) is 3.99. The smallest absolute Gasteiger partial charge is 0.165 e. The number of benzene rings is 1. The maximum Gasteiger partial charge on any atom is 0.165 e. The summed E-state index contributed by atoms with van der Waals surface area (Å²) in [6.07, 6.45) is 4.21. The molecule has 0 amide bonds. The minimum absolute atomic E-state index is 0.177. The van der Waals surface area contributed by atoms with E-state index < -0.39 is 0 Å². The molecule has 1 aliphatic heterocycles. The first kappa shape index (κ1) is 16.8. The van der Waals surface area contributed by atoms with Gasteiger partial charge in [0.05, 0.1) is 6.54 Å². The maximum atomic E-state index is 4.88. The van der Waals surface area contributed by atoms with Gasteiger partial charge in [0.15, 0.2) is 11.6 Å². The van der Waals surface area contributed by atoms with Gasteiger partial charge in [0.25, 0.3) is 0 Å². The SMILES string of the molecule is CCn1nc(CN2CCC3(CC3)C2)nc1-c1ccc(C(C)(C)C)cc1. The van der Waals surface area contributed by atoms with E-state index in [0.29, 0.717) is 5.41 Å². The van der Waals surface area contributed by atoms with Crippen LogP contribution in [0.5, 0.6) is 0 Å². The normalized spacial score (nSPS) is 19.7. The van der Waals surface area contributed by atoms with Crippen LogP contribution in [0.3, 0.4) is 0 Å². The van der Waals surface area contributed by atoms with Gasteiger partial charge >= 0.3 is 0 Å². The third-order valence-corrected chi connectivity index (χ3v) is 5.86. The molecule has 0 radical (unpaired) electrons. The molecule has 0 bridgehead atoms. The summed E-state index contributed by atoms with van der Waals surface area (Å²) < 4.78 is 2.05. The van der Waals surface area contributed by atoms with Crippen LogP contribution in [0, 0.1) is 5.41 Å². The first-order valence-electron chi connectivity index (χ1n) is 9.66. The summed E-state index contributed by atoms with van der Waals surface area (Å²) in [5, 5.41) is 4.77. The van der Waals surface area contributed by atoms with Gasteiger partial charge in [-0.1, -0.05) is 45.0 Å². The van der Waals surface area contributed by atoms with Crippen LogP contribution in [-0.2, 0) is 18.5 Å². The molecule has 1 aromatic carbocycles. The van der Waals surface area contributed by atoms with Crippen LogP contribution in [0.25, 0.3) is 11.4 Å². The Hall–Kier alpha value is -1.68. The quantitative estimate of drug-likeness (QED) is 0.836. The molecular formula is C21H30N4. The molecule has 4 rings (SSSR count). The highest BCUT2D eigenvalue weighted by molar-refractivity contribution is 5.56. The Balaban J connectivity index is 1.54. The van der Waals surface area contributed by atoms with Crippen molar-refractivity contribution in [2.75, 3.05) is 13.1 Å². The zero-order valence-electron chi connectivity index (χ0n) is 16.0. The van der Waals surface area contributed by atoms with Gasteiger partial charge in [-0.15, -0.1) is 0 Å². The lowest BCUT2D eigenvalue weighted by Gasteiger charge is -2.19. The van der Waals surface area contributed by atoms with Crippen molar-refractivity contribution >= 4 is 0 Å².